The van der Waals surface area contributed by atoms with E-state index in [1.54, 1.807) is 0 Å². The summed E-state index contributed by atoms with van der Waals surface area (Å²) < 4.78 is 4.92. The van der Waals surface area contributed by atoms with Gasteiger partial charge in [-0.05, 0) is 37.0 Å². The van der Waals surface area contributed by atoms with Gasteiger partial charge in [0.2, 0.25) is 0 Å². The summed E-state index contributed by atoms with van der Waals surface area (Å²) in [6.45, 7) is 13.7. The topological polar surface area (TPSA) is 26.3 Å². The first kappa shape index (κ1) is 19.2. The molecule has 0 saturated carbocycles. The van der Waals surface area contributed by atoms with Crippen LogP contribution in [0.3, 0.4) is 0 Å². The van der Waals surface area contributed by atoms with Crippen molar-refractivity contribution >= 4 is 5.97 Å². The number of esters is 1. The van der Waals surface area contributed by atoms with Crippen molar-refractivity contribution in [2.45, 2.75) is 80.1 Å². The summed E-state index contributed by atoms with van der Waals surface area (Å²) in [4.78, 5) is 11.2. The number of carbonyl (C=O) groups excluding carboxylic acids is 1. The first-order valence-corrected chi connectivity index (χ1v) is 7.99. The first-order chi connectivity index (χ1) is 9.16. The Hall–Kier alpha value is -0.790. The van der Waals surface area contributed by atoms with Crippen LogP contribution in [0.1, 0.15) is 80.1 Å². The van der Waals surface area contributed by atoms with Gasteiger partial charge in [0.05, 0.1) is 6.61 Å². The molecule has 0 heterocycles. The summed E-state index contributed by atoms with van der Waals surface area (Å²) in [5.41, 5.74) is 0.626. The van der Waals surface area contributed by atoms with Gasteiger partial charge in [-0.2, -0.15) is 0 Å². The van der Waals surface area contributed by atoms with Crippen LogP contribution in [0.5, 0.6) is 0 Å². The second kappa shape index (κ2) is 9.20. The lowest BCUT2D eigenvalue weighted by Crippen LogP contribution is -2.09. The van der Waals surface area contributed by atoms with Crippen LogP contribution in [0.25, 0.3) is 0 Å². The minimum absolute atomic E-state index is 0.0585. The lowest BCUT2D eigenvalue weighted by Gasteiger charge is -2.21. The Kier molecular flexibility index (Phi) is 8.84. The number of unbranched alkanes of at least 4 members (excludes halogenated alkanes) is 2. The van der Waals surface area contributed by atoms with E-state index in [2.05, 4.69) is 46.8 Å². The maximum Gasteiger partial charge on any atom is 0.305 e. The normalized spacial score (nSPS) is 12.9. The molecule has 0 unspecified atom stereocenters. The van der Waals surface area contributed by atoms with Crippen LogP contribution in [0, 0.1) is 10.8 Å². The summed E-state index contributed by atoms with van der Waals surface area (Å²) in [5, 5.41) is 0. The molecule has 0 aromatic rings. The zero-order valence-electron chi connectivity index (χ0n) is 14.4. The molecule has 0 atom stereocenters. The van der Waals surface area contributed by atoms with Gasteiger partial charge < -0.3 is 4.74 Å². The zero-order valence-corrected chi connectivity index (χ0v) is 14.4. The van der Waals surface area contributed by atoms with Crippen molar-refractivity contribution in [2.24, 2.45) is 10.8 Å². The number of carbonyl (C=O) groups is 1. The smallest absolute Gasteiger partial charge is 0.305 e. The largest absolute Gasteiger partial charge is 0.466 e. The van der Waals surface area contributed by atoms with Crippen molar-refractivity contribution in [3.8, 4) is 0 Å². The monoisotopic (exact) mass is 282 g/mol. The second-order valence-corrected chi connectivity index (χ2v) is 7.52. The molecule has 0 aliphatic rings. The predicted molar refractivity (Wildman–Crippen MR) is 86.7 cm³/mol. The van der Waals surface area contributed by atoms with E-state index < -0.39 is 0 Å². The van der Waals surface area contributed by atoms with Crippen molar-refractivity contribution < 1.29 is 9.53 Å². The molecular weight excluding hydrogens is 248 g/mol. The molecule has 0 aliphatic heterocycles. The zero-order chi connectivity index (χ0) is 15.6. The number of hydrogen-bond acceptors (Lipinski definition) is 2. The molecule has 0 radical (unpaired) electrons. The SMILES string of the molecule is CCOC(=O)CCCCCC(C)(C)C=CCC(C)(C)C. The third kappa shape index (κ3) is 12.3. The number of allylic oxidation sites excluding steroid dienone is 2. The molecule has 0 aromatic heterocycles. The average Bonchev–Trinajstić information content (AvgIpc) is 2.26. The number of ether oxygens (including phenoxy) is 1. The minimum Gasteiger partial charge on any atom is -0.466 e. The summed E-state index contributed by atoms with van der Waals surface area (Å²) in [6.07, 6.45) is 10.8. The van der Waals surface area contributed by atoms with E-state index in [1.807, 2.05) is 6.92 Å². The molecular formula is C18H34O2. The van der Waals surface area contributed by atoms with Gasteiger partial charge in [-0.25, -0.2) is 0 Å². The summed E-state index contributed by atoms with van der Waals surface area (Å²) >= 11 is 0. The molecule has 0 amide bonds. The molecule has 0 N–H and O–H groups in total. The molecule has 2 heteroatoms. The van der Waals surface area contributed by atoms with Crippen LogP contribution in [0.4, 0.5) is 0 Å². The molecule has 0 spiro atoms. The van der Waals surface area contributed by atoms with E-state index >= 15 is 0 Å². The number of rotatable bonds is 9. The van der Waals surface area contributed by atoms with Crippen LogP contribution < -0.4 is 0 Å². The molecule has 118 valence electrons. The third-order valence-electron chi connectivity index (χ3n) is 3.31. The molecule has 0 aromatic carbocycles. The van der Waals surface area contributed by atoms with Gasteiger partial charge in [0.1, 0.15) is 0 Å². The van der Waals surface area contributed by atoms with E-state index in [-0.39, 0.29) is 11.4 Å². The van der Waals surface area contributed by atoms with Crippen molar-refractivity contribution in [3.05, 3.63) is 12.2 Å². The van der Waals surface area contributed by atoms with E-state index in [9.17, 15) is 4.79 Å². The first-order valence-electron chi connectivity index (χ1n) is 7.99. The highest BCUT2D eigenvalue weighted by Crippen LogP contribution is 2.27. The van der Waals surface area contributed by atoms with Gasteiger partial charge in [-0.1, -0.05) is 59.6 Å². The minimum atomic E-state index is -0.0585. The maximum absolute atomic E-state index is 11.2. The van der Waals surface area contributed by atoms with E-state index in [0.717, 1.165) is 19.3 Å². The fraction of sp³-hybridized carbons (Fsp3) is 0.833. The van der Waals surface area contributed by atoms with Crippen LogP contribution in [0.2, 0.25) is 0 Å². The Morgan fingerprint density at radius 1 is 1.05 bits per heavy atom. The van der Waals surface area contributed by atoms with Crippen molar-refractivity contribution in [2.75, 3.05) is 6.61 Å². The van der Waals surface area contributed by atoms with E-state index in [1.165, 1.54) is 12.8 Å². The molecule has 0 aliphatic carbocycles. The Morgan fingerprint density at radius 2 is 1.70 bits per heavy atom. The maximum atomic E-state index is 11.2. The Labute approximate surface area is 126 Å². The van der Waals surface area contributed by atoms with Crippen molar-refractivity contribution in [3.63, 3.8) is 0 Å². The summed E-state index contributed by atoms with van der Waals surface area (Å²) in [7, 11) is 0. The van der Waals surface area contributed by atoms with E-state index in [4.69, 9.17) is 4.74 Å². The van der Waals surface area contributed by atoms with Gasteiger partial charge in [0, 0.05) is 6.42 Å². The molecule has 0 fully saturated rings. The highest BCUT2D eigenvalue weighted by atomic mass is 16.5. The van der Waals surface area contributed by atoms with Gasteiger partial charge >= 0.3 is 5.97 Å². The Morgan fingerprint density at radius 3 is 2.25 bits per heavy atom. The summed E-state index contributed by atoms with van der Waals surface area (Å²) in [5.74, 6) is -0.0585. The standard InChI is InChI=1S/C18H34O2/c1-7-20-16(19)12-9-8-10-14-18(5,6)15-11-13-17(2,3)4/h11,15H,7-10,12-14H2,1-6H3. The number of hydrogen-bond donors (Lipinski definition) is 0. The van der Waals surface area contributed by atoms with E-state index in [0.29, 0.717) is 18.4 Å². The lowest BCUT2D eigenvalue weighted by atomic mass is 9.84. The summed E-state index contributed by atoms with van der Waals surface area (Å²) in [6, 6.07) is 0. The van der Waals surface area contributed by atoms with Crippen LogP contribution in [-0.2, 0) is 9.53 Å². The Balaban J connectivity index is 3.80. The molecule has 20 heavy (non-hydrogen) atoms. The Bertz CT molecular complexity index is 295. The van der Waals surface area contributed by atoms with Gasteiger partial charge in [-0.15, -0.1) is 0 Å². The lowest BCUT2D eigenvalue weighted by molar-refractivity contribution is -0.143. The highest BCUT2D eigenvalue weighted by molar-refractivity contribution is 5.69. The quantitative estimate of drug-likeness (QED) is 0.316. The second-order valence-electron chi connectivity index (χ2n) is 7.52. The highest BCUT2D eigenvalue weighted by Gasteiger charge is 2.14. The molecule has 0 rings (SSSR count). The predicted octanol–water partition coefficient (Wildman–Crippen LogP) is 5.52. The van der Waals surface area contributed by atoms with Crippen molar-refractivity contribution in [1.82, 2.24) is 0 Å². The fourth-order valence-electron chi connectivity index (χ4n) is 2.07. The average molecular weight is 282 g/mol. The fourth-order valence-corrected chi connectivity index (χ4v) is 2.07. The van der Waals surface area contributed by atoms with Crippen molar-refractivity contribution in [1.29, 1.82) is 0 Å². The molecule has 2 nitrogen and oxygen atoms in total. The van der Waals surface area contributed by atoms with Crippen LogP contribution >= 0.6 is 0 Å². The van der Waals surface area contributed by atoms with Gasteiger partial charge in [0.15, 0.2) is 0 Å². The third-order valence-corrected chi connectivity index (χ3v) is 3.31. The van der Waals surface area contributed by atoms with Crippen LogP contribution in [-0.4, -0.2) is 12.6 Å². The van der Waals surface area contributed by atoms with Gasteiger partial charge in [-0.3, -0.25) is 4.79 Å². The molecule has 0 bridgehead atoms. The van der Waals surface area contributed by atoms with Gasteiger partial charge in [0.25, 0.3) is 0 Å². The molecule has 0 saturated heterocycles. The van der Waals surface area contributed by atoms with Crippen LogP contribution in [0.15, 0.2) is 12.2 Å².